The molecule has 80 valence electrons. The van der Waals surface area contributed by atoms with Gasteiger partial charge in [0.15, 0.2) is 5.13 Å². The molecule has 1 N–H and O–H groups in total. The molecule has 0 aromatic carbocycles. The molecule has 1 atom stereocenters. The molecule has 1 unspecified atom stereocenters. The predicted molar refractivity (Wildman–Crippen MR) is 64.5 cm³/mol. The van der Waals surface area contributed by atoms with Gasteiger partial charge < -0.3 is 5.32 Å². The van der Waals surface area contributed by atoms with E-state index in [9.17, 15) is 0 Å². The van der Waals surface area contributed by atoms with E-state index in [0.717, 1.165) is 17.2 Å². The van der Waals surface area contributed by atoms with Gasteiger partial charge in [0.2, 0.25) is 0 Å². The number of anilines is 1. The standard InChI is InChI=1S/C10H17ClN2S/c1-4-8-6-14-10(12-8)13-9(5-11)7(2)3/h6-7,9H,4-5H2,1-3H3,(H,12,13). The lowest BCUT2D eigenvalue weighted by atomic mass is 10.1. The molecule has 14 heavy (non-hydrogen) atoms. The van der Waals surface area contributed by atoms with Crippen molar-refractivity contribution in [3.05, 3.63) is 11.1 Å². The summed E-state index contributed by atoms with van der Waals surface area (Å²) in [5, 5.41) is 6.44. The predicted octanol–water partition coefficient (Wildman–Crippen LogP) is 3.38. The molecule has 0 radical (unpaired) electrons. The second kappa shape index (κ2) is 5.56. The molecule has 0 bridgehead atoms. The third-order valence-electron chi connectivity index (χ3n) is 2.19. The molecule has 0 aliphatic rings. The Kier molecular flexibility index (Phi) is 4.69. The van der Waals surface area contributed by atoms with Crippen molar-refractivity contribution in [3.63, 3.8) is 0 Å². The summed E-state index contributed by atoms with van der Waals surface area (Å²) >= 11 is 7.52. The van der Waals surface area contributed by atoms with E-state index in [4.69, 9.17) is 11.6 Å². The lowest BCUT2D eigenvalue weighted by Gasteiger charge is -2.18. The molecule has 4 heteroatoms. The van der Waals surface area contributed by atoms with E-state index < -0.39 is 0 Å². The van der Waals surface area contributed by atoms with Gasteiger partial charge in [-0.25, -0.2) is 4.98 Å². The van der Waals surface area contributed by atoms with Gasteiger partial charge in [-0.1, -0.05) is 20.8 Å². The molecule has 1 aromatic heterocycles. The van der Waals surface area contributed by atoms with Crippen molar-refractivity contribution in [1.82, 2.24) is 4.98 Å². The van der Waals surface area contributed by atoms with Gasteiger partial charge >= 0.3 is 0 Å². The maximum Gasteiger partial charge on any atom is 0.183 e. The lowest BCUT2D eigenvalue weighted by molar-refractivity contribution is 0.564. The van der Waals surface area contributed by atoms with E-state index in [1.165, 1.54) is 0 Å². The fraction of sp³-hybridized carbons (Fsp3) is 0.700. The molecular weight excluding hydrogens is 216 g/mol. The number of rotatable bonds is 5. The van der Waals surface area contributed by atoms with E-state index in [-0.39, 0.29) is 0 Å². The van der Waals surface area contributed by atoms with Crippen LogP contribution in [0.15, 0.2) is 5.38 Å². The highest BCUT2D eigenvalue weighted by molar-refractivity contribution is 7.13. The number of aromatic nitrogens is 1. The van der Waals surface area contributed by atoms with Gasteiger partial charge in [0.05, 0.1) is 5.69 Å². The molecule has 0 fully saturated rings. The van der Waals surface area contributed by atoms with Crippen molar-refractivity contribution in [1.29, 1.82) is 0 Å². The van der Waals surface area contributed by atoms with Crippen LogP contribution in [0.2, 0.25) is 0 Å². The van der Waals surface area contributed by atoms with E-state index >= 15 is 0 Å². The zero-order valence-electron chi connectivity index (χ0n) is 8.88. The van der Waals surface area contributed by atoms with E-state index in [0.29, 0.717) is 17.8 Å². The Bertz CT molecular complexity index is 273. The highest BCUT2D eigenvalue weighted by atomic mass is 35.5. The van der Waals surface area contributed by atoms with Crippen LogP contribution in [-0.4, -0.2) is 16.9 Å². The average molecular weight is 233 g/mol. The Hall–Kier alpha value is -0.280. The molecule has 0 aliphatic heterocycles. The summed E-state index contributed by atoms with van der Waals surface area (Å²) in [7, 11) is 0. The first-order valence-corrected chi connectivity index (χ1v) is 6.35. The fourth-order valence-corrected chi connectivity index (χ4v) is 2.37. The number of nitrogens with zero attached hydrogens (tertiary/aromatic N) is 1. The first-order chi connectivity index (χ1) is 6.67. The summed E-state index contributed by atoms with van der Waals surface area (Å²) in [4.78, 5) is 4.45. The fourth-order valence-electron chi connectivity index (χ4n) is 1.08. The summed E-state index contributed by atoms with van der Waals surface area (Å²) in [5.74, 6) is 1.15. The Morgan fingerprint density at radius 1 is 1.57 bits per heavy atom. The van der Waals surface area contributed by atoms with Crippen molar-refractivity contribution in [3.8, 4) is 0 Å². The van der Waals surface area contributed by atoms with Crippen molar-refractivity contribution in [2.75, 3.05) is 11.2 Å². The largest absolute Gasteiger partial charge is 0.357 e. The molecule has 1 aromatic rings. The van der Waals surface area contributed by atoms with E-state index in [1.54, 1.807) is 11.3 Å². The topological polar surface area (TPSA) is 24.9 Å². The van der Waals surface area contributed by atoms with Gasteiger partial charge in [-0.3, -0.25) is 0 Å². The van der Waals surface area contributed by atoms with Crippen molar-refractivity contribution >= 4 is 28.1 Å². The van der Waals surface area contributed by atoms with Crippen LogP contribution < -0.4 is 5.32 Å². The Morgan fingerprint density at radius 2 is 2.29 bits per heavy atom. The van der Waals surface area contributed by atoms with Crippen LogP contribution in [-0.2, 0) is 6.42 Å². The lowest BCUT2D eigenvalue weighted by Crippen LogP contribution is -2.27. The molecule has 1 rings (SSSR count). The van der Waals surface area contributed by atoms with E-state index in [2.05, 4.69) is 36.5 Å². The number of hydrogen-bond acceptors (Lipinski definition) is 3. The maximum atomic E-state index is 5.87. The monoisotopic (exact) mass is 232 g/mol. The van der Waals surface area contributed by atoms with Gasteiger partial charge in [0.1, 0.15) is 0 Å². The molecule has 0 aliphatic carbocycles. The minimum absolute atomic E-state index is 0.313. The molecule has 0 saturated carbocycles. The van der Waals surface area contributed by atoms with Crippen molar-refractivity contribution in [2.24, 2.45) is 5.92 Å². The third kappa shape index (κ3) is 3.14. The van der Waals surface area contributed by atoms with Crippen LogP contribution in [0.1, 0.15) is 26.5 Å². The molecule has 0 amide bonds. The van der Waals surface area contributed by atoms with Crippen LogP contribution in [0.3, 0.4) is 0 Å². The van der Waals surface area contributed by atoms with Crippen LogP contribution >= 0.6 is 22.9 Å². The van der Waals surface area contributed by atoms with Gasteiger partial charge in [-0.05, 0) is 12.3 Å². The van der Waals surface area contributed by atoms with Crippen LogP contribution in [0.5, 0.6) is 0 Å². The normalized spacial score (nSPS) is 13.2. The second-order valence-corrected chi connectivity index (χ2v) is 4.81. The Morgan fingerprint density at radius 3 is 2.71 bits per heavy atom. The zero-order valence-corrected chi connectivity index (χ0v) is 10.5. The van der Waals surface area contributed by atoms with Crippen LogP contribution in [0.4, 0.5) is 5.13 Å². The highest BCUT2D eigenvalue weighted by Gasteiger charge is 2.13. The highest BCUT2D eigenvalue weighted by Crippen LogP contribution is 2.19. The first-order valence-electron chi connectivity index (χ1n) is 4.94. The van der Waals surface area contributed by atoms with Crippen LogP contribution in [0.25, 0.3) is 0 Å². The minimum Gasteiger partial charge on any atom is -0.357 e. The van der Waals surface area contributed by atoms with Gasteiger partial charge in [0, 0.05) is 17.3 Å². The molecule has 2 nitrogen and oxygen atoms in total. The number of thiazole rings is 1. The summed E-state index contributed by atoms with van der Waals surface area (Å²) < 4.78 is 0. The molecule has 0 spiro atoms. The van der Waals surface area contributed by atoms with Gasteiger partial charge in [-0.15, -0.1) is 22.9 Å². The van der Waals surface area contributed by atoms with Crippen LogP contribution in [0, 0.1) is 5.92 Å². The number of hydrogen-bond donors (Lipinski definition) is 1. The van der Waals surface area contributed by atoms with E-state index in [1.807, 2.05) is 0 Å². The number of alkyl halides is 1. The minimum atomic E-state index is 0.313. The number of halogens is 1. The first kappa shape index (κ1) is 11.8. The molecule has 0 saturated heterocycles. The quantitative estimate of drug-likeness (QED) is 0.788. The number of nitrogens with one attached hydrogen (secondary N) is 1. The SMILES string of the molecule is CCc1csc(NC(CCl)C(C)C)n1. The number of aryl methyl sites for hydroxylation is 1. The molecule has 1 heterocycles. The summed E-state index contributed by atoms with van der Waals surface area (Å²) in [5.41, 5.74) is 1.15. The molecular formula is C10H17ClN2S. The van der Waals surface area contributed by atoms with Gasteiger partial charge in [-0.2, -0.15) is 0 Å². The average Bonchev–Trinajstić information content (AvgIpc) is 2.61. The summed E-state index contributed by atoms with van der Waals surface area (Å²) in [6, 6.07) is 0.313. The smallest absolute Gasteiger partial charge is 0.183 e. The maximum absolute atomic E-state index is 5.87. The van der Waals surface area contributed by atoms with Crippen molar-refractivity contribution in [2.45, 2.75) is 33.2 Å². The summed E-state index contributed by atoms with van der Waals surface area (Å²) in [6.07, 6.45) is 0.991. The Labute approximate surface area is 94.7 Å². The summed E-state index contributed by atoms with van der Waals surface area (Å²) in [6.45, 7) is 6.43. The van der Waals surface area contributed by atoms with Crippen molar-refractivity contribution < 1.29 is 0 Å². The Balaban J connectivity index is 2.57. The second-order valence-electron chi connectivity index (χ2n) is 3.65. The van der Waals surface area contributed by atoms with Gasteiger partial charge in [0.25, 0.3) is 0 Å². The third-order valence-corrected chi connectivity index (χ3v) is 3.35. The zero-order chi connectivity index (χ0) is 10.6.